The maximum atomic E-state index is 13.1. The summed E-state index contributed by atoms with van der Waals surface area (Å²) < 4.78 is 23.0. The summed E-state index contributed by atoms with van der Waals surface area (Å²) in [6.45, 7) is 1.73. The first-order valence-electron chi connectivity index (χ1n) is 5.92. The Balaban J connectivity index is 2.81. The fourth-order valence-corrected chi connectivity index (χ4v) is 1.58. The lowest BCUT2D eigenvalue weighted by atomic mass is 10.1. The number of nitrogens with two attached hydrogens (primary N) is 1. The number of hydrogen-bond acceptors (Lipinski definition) is 4. The van der Waals surface area contributed by atoms with Crippen LogP contribution in [0.15, 0.2) is 18.2 Å². The fraction of sp³-hybridized carbons (Fsp3) is 0.462. The van der Waals surface area contributed by atoms with Crippen molar-refractivity contribution in [2.24, 2.45) is 0 Å². The molecule has 0 aromatic heterocycles. The van der Waals surface area contributed by atoms with Crippen molar-refractivity contribution in [1.82, 2.24) is 4.90 Å². The number of rotatable bonds is 7. The van der Waals surface area contributed by atoms with Crippen molar-refractivity contribution in [3.63, 3.8) is 0 Å². The van der Waals surface area contributed by atoms with E-state index < -0.39 is 5.82 Å². The number of carbonyl (C=O) groups is 1. The molecule has 1 amide bonds. The third-order valence-corrected chi connectivity index (χ3v) is 2.66. The van der Waals surface area contributed by atoms with Crippen LogP contribution >= 0.6 is 0 Å². The molecule has 0 spiro atoms. The smallest absolute Gasteiger partial charge is 0.254 e. The summed E-state index contributed by atoms with van der Waals surface area (Å²) in [5.74, 6) is -0.752. The highest BCUT2D eigenvalue weighted by Gasteiger charge is 2.16. The van der Waals surface area contributed by atoms with Crippen molar-refractivity contribution < 1.29 is 18.7 Å². The molecule has 0 aliphatic rings. The number of ether oxygens (including phenoxy) is 2. The third-order valence-electron chi connectivity index (χ3n) is 2.66. The Morgan fingerprint density at radius 2 is 1.84 bits per heavy atom. The van der Waals surface area contributed by atoms with Gasteiger partial charge in [-0.2, -0.15) is 0 Å². The van der Waals surface area contributed by atoms with Crippen molar-refractivity contribution in [2.75, 3.05) is 46.3 Å². The van der Waals surface area contributed by atoms with E-state index in [1.165, 1.54) is 18.2 Å². The zero-order chi connectivity index (χ0) is 14.3. The molecule has 0 saturated carbocycles. The van der Waals surface area contributed by atoms with Gasteiger partial charge in [0.2, 0.25) is 0 Å². The standard InChI is InChI=1S/C13H19FN2O3/c1-18-7-5-16(6-8-19-2)13(17)10-3-4-11(14)12(15)9-10/h3-4,9H,5-8,15H2,1-2H3. The van der Waals surface area contributed by atoms with Crippen LogP contribution in [-0.4, -0.2) is 51.3 Å². The predicted octanol–water partition coefficient (Wildman–Crippen LogP) is 1.14. The summed E-state index contributed by atoms with van der Waals surface area (Å²) >= 11 is 0. The lowest BCUT2D eigenvalue weighted by molar-refractivity contribution is 0.0627. The Kier molecular flexibility index (Phi) is 6.24. The lowest BCUT2D eigenvalue weighted by Crippen LogP contribution is -2.36. The molecule has 1 aromatic carbocycles. The first-order valence-corrected chi connectivity index (χ1v) is 5.92. The van der Waals surface area contributed by atoms with Gasteiger partial charge < -0.3 is 20.1 Å². The number of amides is 1. The molecule has 2 N–H and O–H groups in total. The van der Waals surface area contributed by atoms with E-state index in [1.807, 2.05) is 0 Å². The monoisotopic (exact) mass is 270 g/mol. The number of anilines is 1. The first kappa shape index (κ1) is 15.4. The van der Waals surface area contributed by atoms with E-state index in [-0.39, 0.29) is 11.6 Å². The third kappa shape index (κ3) is 4.50. The summed E-state index contributed by atoms with van der Waals surface area (Å²) in [6, 6.07) is 3.94. The second kappa shape index (κ2) is 7.70. The van der Waals surface area contributed by atoms with Gasteiger partial charge in [-0.15, -0.1) is 0 Å². The number of halogens is 1. The molecular weight excluding hydrogens is 251 g/mol. The van der Waals surface area contributed by atoms with Gasteiger partial charge >= 0.3 is 0 Å². The van der Waals surface area contributed by atoms with Gasteiger partial charge in [0, 0.05) is 32.9 Å². The zero-order valence-electron chi connectivity index (χ0n) is 11.2. The number of carbonyl (C=O) groups excluding carboxylic acids is 1. The van der Waals surface area contributed by atoms with Gasteiger partial charge in [0.15, 0.2) is 0 Å². The van der Waals surface area contributed by atoms with Gasteiger partial charge in [-0.05, 0) is 18.2 Å². The molecule has 19 heavy (non-hydrogen) atoms. The van der Waals surface area contributed by atoms with Gasteiger partial charge in [-0.3, -0.25) is 4.79 Å². The molecule has 0 aliphatic carbocycles. The van der Waals surface area contributed by atoms with E-state index in [9.17, 15) is 9.18 Å². The minimum absolute atomic E-state index is 0.0377. The highest BCUT2D eigenvalue weighted by molar-refractivity contribution is 5.95. The van der Waals surface area contributed by atoms with Crippen molar-refractivity contribution in [3.8, 4) is 0 Å². The Bertz CT molecular complexity index is 418. The van der Waals surface area contributed by atoms with Crippen LogP contribution in [0.2, 0.25) is 0 Å². The topological polar surface area (TPSA) is 64.8 Å². The van der Waals surface area contributed by atoms with Gasteiger partial charge in [0.25, 0.3) is 5.91 Å². The molecule has 1 aromatic rings. The molecule has 106 valence electrons. The van der Waals surface area contributed by atoms with Crippen LogP contribution in [0.4, 0.5) is 10.1 Å². The van der Waals surface area contributed by atoms with E-state index in [0.29, 0.717) is 31.9 Å². The van der Waals surface area contributed by atoms with E-state index in [2.05, 4.69) is 0 Å². The van der Waals surface area contributed by atoms with Crippen molar-refractivity contribution in [3.05, 3.63) is 29.6 Å². The van der Waals surface area contributed by atoms with Crippen molar-refractivity contribution >= 4 is 11.6 Å². The molecule has 0 bridgehead atoms. The SMILES string of the molecule is COCCN(CCOC)C(=O)c1ccc(F)c(N)c1. The number of methoxy groups -OCH3 is 2. The van der Waals surface area contributed by atoms with Crippen LogP contribution in [0, 0.1) is 5.82 Å². The van der Waals surface area contributed by atoms with Crippen molar-refractivity contribution in [2.45, 2.75) is 0 Å². The predicted molar refractivity (Wildman–Crippen MR) is 70.5 cm³/mol. The summed E-state index contributed by atoms with van der Waals surface area (Å²) in [5, 5.41) is 0. The van der Waals surface area contributed by atoms with Gasteiger partial charge in [0.1, 0.15) is 5.82 Å². The Morgan fingerprint density at radius 1 is 1.26 bits per heavy atom. The Hall–Kier alpha value is -1.66. The summed E-state index contributed by atoms with van der Waals surface area (Å²) in [7, 11) is 3.13. The molecule has 0 saturated heterocycles. The van der Waals surface area contributed by atoms with Gasteiger partial charge in [-0.1, -0.05) is 0 Å². The summed E-state index contributed by atoms with van der Waals surface area (Å²) in [4.78, 5) is 13.8. The van der Waals surface area contributed by atoms with E-state index in [0.717, 1.165) is 0 Å². The number of benzene rings is 1. The van der Waals surface area contributed by atoms with Crippen LogP contribution in [0.1, 0.15) is 10.4 Å². The van der Waals surface area contributed by atoms with E-state index in [4.69, 9.17) is 15.2 Å². The number of nitrogen functional groups attached to an aromatic ring is 1. The summed E-state index contributed by atoms with van der Waals surface area (Å²) in [6.07, 6.45) is 0. The summed E-state index contributed by atoms with van der Waals surface area (Å²) in [5.41, 5.74) is 5.78. The normalized spacial score (nSPS) is 10.5. The fourth-order valence-electron chi connectivity index (χ4n) is 1.58. The molecule has 0 atom stereocenters. The quantitative estimate of drug-likeness (QED) is 0.755. The molecule has 0 fully saturated rings. The highest BCUT2D eigenvalue weighted by atomic mass is 19.1. The molecular formula is C13H19FN2O3. The largest absolute Gasteiger partial charge is 0.396 e. The zero-order valence-corrected chi connectivity index (χ0v) is 11.2. The van der Waals surface area contributed by atoms with Crippen LogP contribution in [0.3, 0.4) is 0 Å². The van der Waals surface area contributed by atoms with Gasteiger partial charge in [0.05, 0.1) is 18.9 Å². The number of hydrogen-bond donors (Lipinski definition) is 1. The Labute approximate surface area is 112 Å². The second-order valence-corrected chi connectivity index (χ2v) is 4.01. The average molecular weight is 270 g/mol. The first-order chi connectivity index (χ1) is 9.10. The average Bonchev–Trinajstić information content (AvgIpc) is 2.41. The van der Waals surface area contributed by atoms with Crippen LogP contribution in [-0.2, 0) is 9.47 Å². The minimum Gasteiger partial charge on any atom is -0.396 e. The molecule has 0 radical (unpaired) electrons. The molecule has 0 heterocycles. The van der Waals surface area contributed by atoms with Crippen LogP contribution < -0.4 is 5.73 Å². The minimum atomic E-state index is -0.531. The maximum absolute atomic E-state index is 13.1. The number of nitrogens with zero attached hydrogens (tertiary/aromatic N) is 1. The highest BCUT2D eigenvalue weighted by Crippen LogP contribution is 2.14. The molecule has 0 aliphatic heterocycles. The lowest BCUT2D eigenvalue weighted by Gasteiger charge is -2.22. The maximum Gasteiger partial charge on any atom is 0.254 e. The van der Waals surface area contributed by atoms with Crippen LogP contribution in [0.25, 0.3) is 0 Å². The van der Waals surface area contributed by atoms with Gasteiger partial charge in [-0.25, -0.2) is 4.39 Å². The van der Waals surface area contributed by atoms with E-state index >= 15 is 0 Å². The molecule has 5 nitrogen and oxygen atoms in total. The Morgan fingerprint density at radius 3 is 2.32 bits per heavy atom. The molecule has 6 heteroatoms. The molecule has 0 unspecified atom stereocenters. The van der Waals surface area contributed by atoms with Crippen LogP contribution in [0.5, 0.6) is 0 Å². The van der Waals surface area contributed by atoms with Crippen molar-refractivity contribution in [1.29, 1.82) is 0 Å². The molecule has 1 rings (SSSR count). The van der Waals surface area contributed by atoms with E-state index in [1.54, 1.807) is 19.1 Å². The second-order valence-electron chi connectivity index (χ2n) is 4.01.